The molecule has 2 aliphatic heterocycles. The van der Waals surface area contributed by atoms with Crippen molar-refractivity contribution in [2.45, 2.75) is 20.3 Å². The van der Waals surface area contributed by atoms with Crippen LogP contribution in [0.25, 0.3) is 0 Å². The molecule has 0 amide bonds. The van der Waals surface area contributed by atoms with Gasteiger partial charge in [0.05, 0.1) is 11.9 Å². The van der Waals surface area contributed by atoms with E-state index in [0.717, 1.165) is 17.0 Å². The van der Waals surface area contributed by atoms with E-state index in [1.807, 2.05) is 0 Å². The molecule has 0 spiro atoms. The van der Waals surface area contributed by atoms with Crippen LogP contribution < -0.4 is 0 Å². The van der Waals surface area contributed by atoms with E-state index in [0.29, 0.717) is 18.1 Å². The molecule has 0 aromatic carbocycles. The summed E-state index contributed by atoms with van der Waals surface area (Å²) in [5.41, 5.74) is 3.70. The van der Waals surface area contributed by atoms with Crippen LogP contribution in [0.4, 0.5) is 0 Å². The predicted molar refractivity (Wildman–Crippen MR) is 56.1 cm³/mol. The minimum Gasteiger partial charge on any atom is -0.251 e. The fourth-order valence-corrected chi connectivity index (χ4v) is 1.48. The molecule has 3 heteroatoms. The lowest BCUT2D eigenvalue weighted by molar-refractivity contribution is 0.890. The Hall–Kier alpha value is -1.69. The Morgan fingerprint density at radius 3 is 2.93 bits per heavy atom. The summed E-state index contributed by atoms with van der Waals surface area (Å²) < 4.78 is 0. The van der Waals surface area contributed by atoms with Crippen LogP contribution in [-0.2, 0) is 0 Å². The van der Waals surface area contributed by atoms with Crippen molar-refractivity contribution >= 4 is 11.4 Å². The smallest absolute Gasteiger partial charge is 0.122 e. The van der Waals surface area contributed by atoms with E-state index in [-0.39, 0.29) is 0 Å². The molecular weight excluding hydrogens is 174 g/mol. The Kier molecular flexibility index (Phi) is 2.05. The van der Waals surface area contributed by atoms with Crippen LogP contribution in [-0.4, -0.2) is 11.4 Å². The van der Waals surface area contributed by atoms with Crippen molar-refractivity contribution in [2.24, 2.45) is 15.9 Å². The van der Waals surface area contributed by atoms with Gasteiger partial charge in [0.1, 0.15) is 11.8 Å². The molecule has 0 saturated carbocycles. The first-order valence-electron chi connectivity index (χ1n) is 4.67. The number of allylic oxidation sites excluding steroid dienone is 2. The van der Waals surface area contributed by atoms with E-state index in [2.05, 4.69) is 36.0 Å². The van der Waals surface area contributed by atoms with Gasteiger partial charge in [-0.05, 0) is 17.6 Å². The van der Waals surface area contributed by atoms with E-state index in [9.17, 15) is 0 Å². The Bertz CT molecular complexity index is 428. The largest absolute Gasteiger partial charge is 0.251 e. The molecule has 0 unspecified atom stereocenters. The maximum atomic E-state index is 8.71. The maximum absolute atomic E-state index is 8.71. The van der Waals surface area contributed by atoms with Crippen LogP contribution in [0.2, 0.25) is 0 Å². The summed E-state index contributed by atoms with van der Waals surface area (Å²) in [6, 6.07) is 2.07. The molecule has 0 bridgehead atoms. The fourth-order valence-electron chi connectivity index (χ4n) is 1.48. The number of aliphatic imine (C=N–C) groups is 2. The highest BCUT2D eigenvalue weighted by Gasteiger charge is 2.20. The minimum absolute atomic E-state index is 0.430. The molecule has 0 aromatic heterocycles. The second-order valence-electron chi connectivity index (χ2n) is 3.74. The maximum Gasteiger partial charge on any atom is 0.122 e. The van der Waals surface area contributed by atoms with Crippen molar-refractivity contribution in [3.63, 3.8) is 0 Å². The monoisotopic (exact) mass is 185 g/mol. The van der Waals surface area contributed by atoms with E-state index >= 15 is 0 Å². The van der Waals surface area contributed by atoms with E-state index < -0.39 is 0 Å². The highest BCUT2D eigenvalue weighted by Crippen LogP contribution is 2.27. The molecule has 2 aliphatic rings. The van der Waals surface area contributed by atoms with Crippen LogP contribution in [0.1, 0.15) is 20.3 Å². The highest BCUT2D eigenvalue weighted by molar-refractivity contribution is 6.06. The third-order valence-electron chi connectivity index (χ3n) is 2.32. The van der Waals surface area contributed by atoms with E-state index in [1.54, 1.807) is 6.20 Å². The van der Waals surface area contributed by atoms with Crippen molar-refractivity contribution < 1.29 is 0 Å². The average Bonchev–Trinajstić information content (AvgIpc) is 2.59. The molecule has 14 heavy (non-hydrogen) atoms. The quantitative estimate of drug-likeness (QED) is 0.618. The Labute approximate surface area is 83.2 Å². The molecular formula is C11H11N3. The van der Waals surface area contributed by atoms with Crippen LogP contribution in [0.3, 0.4) is 0 Å². The summed E-state index contributed by atoms with van der Waals surface area (Å²) in [6.45, 7) is 4.22. The molecule has 3 nitrogen and oxygen atoms in total. The zero-order valence-electron chi connectivity index (χ0n) is 8.28. The van der Waals surface area contributed by atoms with E-state index in [4.69, 9.17) is 5.26 Å². The summed E-state index contributed by atoms with van der Waals surface area (Å²) in [4.78, 5) is 8.48. The molecule has 0 atom stereocenters. The number of hydrogen-bond acceptors (Lipinski definition) is 3. The van der Waals surface area contributed by atoms with Gasteiger partial charge in [-0.15, -0.1) is 0 Å². The van der Waals surface area contributed by atoms with Gasteiger partial charge in [0, 0.05) is 12.1 Å². The van der Waals surface area contributed by atoms with Crippen LogP contribution >= 0.6 is 0 Å². The van der Waals surface area contributed by atoms with Gasteiger partial charge >= 0.3 is 0 Å². The average molecular weight is 185 g/mol. The Morgan fingerprint density at radius 2 is 2.29 bits per heavy atom. The second kappa shape index (κ2) is 3.22. The fraction of sp³-hybridized carbons (Fsp3) is 0.364. The minimum atomic E-state index is 0.430. The number of fused-ring (bicyclic) bond motifs is 1. The second-order valence-corrected chi connectivity index (χ2v) is 3.74. The van der Waals surface area contributed by atoms with Gasteiger partial charge in [-0.3, -0.25) is 4.99 Å². The number of rotatable bonds is 1. The van der Waals surface area contributed by atoms with Crippen LogP contribution in [0.5, 0.6) is 0 Å². The van der Waals surface area contributed by atoms with Gasteiger partial charge in [-0.25, -0.2) is 4.99 Å². The van der Waals surface area contributed by atoms with Crippen molar-refractivity contribution in [3.8, 4) is 6.07 Å². The summed E-state index contributed by atoms with van der Waals surface area (Å²) in [5.74, 6) is 0.430. The molecule has 0 fully saturated rings. The summed E-state index contributed by atoms with van der Waals surface area (Å²) in [7, 11) is 0. The first kappa shape index (κ1) is 8.89. The van der Waals surface area contributed by atoms with Crippen molar-refractivity contribution in [2.75, 3.05) is 0 Å². The lowest BCUT2D eigenvalue weighted by Crippen LogP contribution is -2.01. The van der Waals surface area contributed by atoms with Crippen molar-refractivity contribution in [3.05, 3.63) is 23.5 Å². The summed E-state index contributed by atoms with van der Waals surface area (Å²) >= 11 is 0. The number of nitrogens with zero attached hydrogens (tertiary/aromatic N) is 3. The lowest BCUT2D eigenvalue weighted by Gasteiger charge is -2.05. The zero-order chi connectivity index (χ0) is 10.1. The lowest BCUT2D eigenvalue weighted by atomic mass is 10.0. The number of nitriles is 1. The van der Waals surface area contributed by atoms with Gasteiger partial charge < -0.3 is 0 Å². The Morgan fingerprint density at radius 1 is 1.50 bits per heavy atom. The number of hydrogen-bond donors (Lipinski definition) is 0. The normalized spacial score (nSPS) is 19.3. The van der Waals surface area contributed by atoms with Gasteiger partial charge in [-0.1, -0.05) is 13.8 Å². The molecule has 2 rings (SSSR count). The summed E-state index contributed by atoms with van der Waals surface area (Å²) in [6.07, 6.45) is 4.38. The first-order chi connectivity index (χ1) is 6.70. The molecule has 2 heterocycles. The third kappa shape index (κ3) is 1.39. The zero-order valence-corrected chi connectivity index (χ0v) is 8.28. The molecule has 0 N–H and O–H groups in total. The van der Waals surface area contributed by atoms with Gasteiger partial charge in [0.25, 0.3) is 0 Å². The summed E-state index contributed by atoms with van der Waals surface area (Å²) in [5, 5.41) is 8.71. The molecule has 0 saturated heterocycles. The molecule has 0 aliphatic carbocycles. The van der Waals surface area contributed by atoms with Crippen molar-refractivity contribution in [1.82, 2.24) is 0 Å². The predicted octanol–water partition coefficient (Wildman–Crippen LogP) is 2.23. The molecule has 0 radical (unpaired) electrons. The topological polar surface area (TPSA) is 48.5 Å². The van der Waals surface area contributed by atoms with Gasteiger partial charge in [-0.2, -0.15) is 5.26 Å². The SMILES string of the molecule is CC(C)C1=NC2=CN=C(C#N)CC2=C1. The Balaban J connectivity index is 2.31. The van der Waals surface area contributed by atoms with Gasteiger partial charge in [0.2, 0.25) is 0 Å². The van der Waals surface area contributed by atoms with Crippen LogP contribution in [0.15, 0.2) is 33.5 Å². The molecule has 70 valence electrons. The standard InChI is InChI=1S/C11H11N3/c1-7(2)10-4-8-3-9(5-12)13-6-11(8)14-10/h4,6-7H,3H2,1-2H3. The molecule has 0 aromatic rings. The van der Waals surface area contributed by atoms with Gasteiger partial charge in [0.15, 0.2) is 0 Å². The van der Waals surface area contributed by atoms with Crippen LogP contribution in [0, 0.1) is 17.2 Å². The third-order valence-corrected chi connectivity index (χ3v) is 2.32. The highest BCUT2D eigenvalue weighted by atomic mass is 14.9. The first-order valence-corrected chi connectivity index (χ1v) is 4.67. The van der Waals surface area contributed by atoms with Crippen molar-refractivity contribution in [1.29, 1.82) is 5.26 Å². The van der Waals surface area contributed by atoms with E-state index in [1.165, 1.54) is 0 Å².